The number of hydrogen-bond donors (Lipinski definition) is 2. The van der Waals surface area contributed by atoms with Gasteiger partial charge in [-0.1, -0.05) is 5.64 Å². The van der Waals surface area contributed by atoms with E-state index in [0.717, 1.165) is 0 Å². The van der Waals surface area contributed by atoms with E-state index in [2.05, 4.69) is 4.84 Å². The second kappa shape index (κ2) is 8.26. The van der Waals surface area contributed by atoms with Crippen LogP contribution in [0.15, 0.2) is 18.2 Å². The molecule has 0 saturated heterocycles. The van der Waals surface area contributed by atoms with E-state index in [1.165, 1.54) is 23.8 Å². The highest BCUT2D eigenvalue weighted by atomic mass is 16.8. The van der Waals surface area contributed by atoms with Gasteiger partial charge in [-0.15, -0.1) is 0 Å². The molecular formula is C13H17NO6. The Morgan fingerprint density at radius 2 is 1.55 bits per heavy atom. The molecule has 1 aromatic carbocycles. The lowest BCUT2D eigenvalue weighted by molar-refractivity contribution is -0.135. The fraction of sp³-hybridized carbons (Fsp3) is 0.385. The summed E-state index contributed by atoms with van der Waals surface area (Å²) in [5.74, 6) is -1.09. The van der Waals surface area contributed by atoms with Gasteiger partial charge in [-0.05, 0) is 37.6 Å². The van der Waals surface area contributed by atoms with Crippen molar-refractivity contribution in [2.24, 2.45) is 0 Å². The van der Waals surface area contributed by atoms with Gasteiger partial charge in [-0.3, -0.25) is 10.0 Å². The first-order chi connectivity index (χ1) is 9.62. The van der Waals surface area contributed by atoms with Crippen LogP contribution < -0.4 is 5.64 Å². The molecule has 20 heavy (non-hydrogen) atoms. The molecular weight excluding hydrogens is 266 g/mol. The highest BCUT2D eigenvalue weighted by molar-refractivity contribution is 5.95. The van der Waals surface area contributed by atoms with Gasteiger partial charge in [0.2, 0.25) is 0 Å². The molecule has 0 radical (unpaired) electrons. The minimum atomic E-state index is -0.545. The van der Waals surface area contributed by atoms with E-state index < -0.39 is 11.9 Å². The number of carbonyl (C=O) groups excluding carboxylic acids is 2. The first kappa shape index (κ1) is 16.1. The van der Waals surface area contributed by atoms with Crippen LogP contribution in [-0.2, 0) is 20.9 Å². The van der Waals surface area contributed by atoms with Crippen LogP contribution in [0.2, 0.25) is 0 Å². The first-order valence-electron chi connectivity index (χ1n) is 6.11. The largest absolute Gasteiger partial charge is 0.462 e. The Hall–Kier alpha value is -1.96. The molecule has 0 aliphatic heterocycles. The molecule has 0 unspecified atom stereocenters. The molecule has 7 nitrogen and oxygen atoms in total. The van der Waals surface area contributed by atoms with E-state index in [-0.39, 0.29) is 30.9 Å². The van der Waals surface area contributed by atoms with Gasteiger partial charge in [0.25, 0.3) is 0 Å². The molecule has 1 rings (SSSR count). The fourth-order valence-corrected chi connectivity index (χ4v) is 1.56. The maximum Gasteiger partial charge on any atom is 0.338 e. The number of nitrogens with one attached hydrogen (secondary N) is 1. The van der Waals surface area contributed by atoms with Gasteiger partial charge in [-0.25, -0.2) is 9.59 Å². The van der Waals surface area contributed by atoms with Gasteiger partial charge in [0.15, 0.2) is 0 Å². The van der Waals surface area contributed by atoms with Crippen molar-refractivity contribution in [3.63, 3.8) is 0 Å². The quantitative estimate of drug-likeness (QED) is 0.577. The van der Waals surface area contributed by atoms with E-state index in [4.69, 9.17) is 14.7 Å². The second-order valence-corrected chi connectivity index (χ2v) is 3.74. The maximum absolute atomic E-state index is 11.7. The molecule has 0 heterocycles. The Bertz CT molecular complexity index is 438. The minimum Gasteiger partial charge on any atom is -0.462 e. The zero-order chi connectivity index (χ0) is 15.0. The molecule has 110 valence electrons. The van der Waals surface area contributed by atoms with Crippen molar-refractivity contribution in [1.82, 2.24) is 5.64 Å². The summed E-state index contributed by atoms with van der Waals surface area (Å²) in [6.45, 7) is 3.80. The fourth-order valence-electron chi connectivity index (χ4n) is 1.56. The van der Waals surface area contributed by atoms with Crippen molar-refractivity contribution in [1.29, 1.82) is 0 Å². The summed E-state index contributed by atoms with van der Waals surface area (Å²) in [7, 11) is 0. The van der Waals surface area contributed by atoms with E-state index in [9.17, 15) is 9.59 Å². The minimum absolute atomic E-state index is 0.0316. The van der Waals surface area contributed by atoms with Crippen LogP contribution in [-0.4, -0.2) is 30.4 Å². The summed E-state index contributed by atoms with van der Waals surface area (Å²) in [6, 6.07) is 4.42. The Morgan fingerprint density at radius 1 is 1.05 bits per heavy atom. The molecule has 0 saturated carbocycles. The SMILES string of the molecule is CCOC(=O)c1cc(CONO)cc(C(=O)OCC)c1. The first-order valence-corrected chi connectivity index (χ1v) is 6.11. The van der Waals surface area contributed by atoms with Crippen molar-refractivity contribution in [3.05, 3.63) is 34.9 Å². The maximum atomic E-state index is 11.7. The van der Waals surface area contributed by atoms with E-state index in [1.807, 2.05) is 0 Å². The summed E-state index contributed by atoms with van der Waals surface area (Å²) in [4.78, 5) is 28.1. The van der Waals surface area contributed by atoms with Crippen LogP contribution in [0.3, 0.4) is 0 Å². The predicted molar refractivity (Wildman–Crippen MR) is 68.1 cm³/mol. The van der Waals surface area contributed by atoms with E-state index >= 15 is 0 Å². The van der Waals surface area contributed by atoms with Gasteiger partial charge in [0, 0.05) is 0 Å². The zero-order valence-electron chi connectivity index (χ0n) is 11.3. The lowest BCUT2D eigenvalue weighted by atomic mass is 10.1. The summed E-state index contributed by atoms with van der Waals surface area (Å²) in [5.41, 5.74) is 2.48. The Morgan fingerprint density at radius 3 is 1.95 bits per heavy atom. The number of rotatable bonds is 7. The number of esters is 2. The van der Waals surface area contributed by atoms with Crippen molar-refractivity contribution in [2.75, 3.05) is 13.2 Å². The average molecular weight is 283 g/mol. The van der Waals surface area contributed by atoms with Crippen molar-refractivity contribution in [3.8, 4) is 0 Å². The molecule has 0 amide bonds. The van der Waals surface area contributed by atoms with Gasteiger partial charge in [0.05, 0.1) is 30.9 Å². The number of carbonyl (C=O) groups is 2. The van der Waals surface area contributed by atoms with Gasteiger partial charge >= 0.3 is 11.9 Å². The number of hydrogen-bond acceptors (Lipinski definition) is 7. The van der Waals surface area contributed by atoms with Gasteiger partial charge < -0.3 is 9.47 Å². The summed E-state index contributed by atoms with van der Waals surface area (Å²) in [6.07, 6.45) is 0. The number of benzene rings is 1. The predicted octanol–water partition coefficient (Wildman–Crippen LogP) is 1.45. The van der Waals surface area contributed by atoms with Crippen LogP contribution in [0.25, 0.3) is 0 Å². The lowest BCUT2D eigenvalue weighted by Crippen LogP contribution is -2.12. The Kier molecular flexibility index (Phi) is 6.65. The topological polar surface area (TPSA) is 94.1 Å². The van der Waals surface area contributed by atoms with Crippen molar-refractivity contribution in [2.45, 2.75) is 20.5 Å². The molecule has 0 bridgehead atoms. The van der Waals surface area contributed by atoms with Crippen LogP contribution in [0.1, 0.15) is 40.1 Å². The molecule has 1 aromatic rings. The van der Waals surface area contributed by atoms with Crippen LogP contribution >= 0.6 is 0 Å². The molecule has 0 aliphatic carbocycles. The molecule has 7 heteroatoms. The third-order valence-electron chi connectivity index (χ3n) is 2.32. The standard InChI is InChI=1S/C13H17NO6/c1-3-18-12(15)10-5-9(8-20-14-17)6-11(7-10)13(16)19-4-2/h5-7,14,17H,3-4,8H2,1-2H3. The number of ether oxygens (including phenoxy) is 2. The molecule has 0 atom stereocenters. The molecule has 2 N–H and O–H groups in total. The van der Waals surface area contributed by atoms with Gasteiger partial charge in [-0.2, -0.15) is 0 Å². The van der Waals surface area contributed by atoms with Crippen LogP contribution in [0, 0.1) is 0 Å². The molecule has 0 aromatic heterocycles. The lowest BCUT2D eigenvalue weighted by Gasteiger charge is -2.09. The van der Waals surface area contributed by atoms with Gasteiger partial charge in [0.1, 0.15) is 0 Å². The van der Waals surface area contributed by atoms with E-state index in [1.54, 1.807) is 13.8 Å². The smallest absolute Gasteiger partial charge is 0.338 e. The average Bonchev–Trinajstić information content (AvgIpc) is 2.45. The van der Waals surface area contributed by atoms with Crippen molar-refractivity contribution < 1.29 is 29.1 Å². The normalized spacial score (nSPS) is 10.2. The molecule has 0 aliphatic rings. The summed E-state index contributed by atoms with van der Waals surface area (Å²) >= 11 is 0. The highest BCUT2D eigenvalue weighted by Crippen LogP contribution is 2.14. The summed E-state index contributed by atoms with van der Waals surface area (Å²) in [5, 5.41) is 8.40. The second-order valence-electron chi connectivity index (χ2n) is 3.74. The summed E-state index contributed by atoms with van der Waals surface area (Å²) < 4.78 is 9.77. The zero-order valence-corrected chi connectivity index (χ0v) is 11.3. The van der Waals surface area contributed by atoms with E-state index in [0.29, 0.717) is 5.56 Å². The van der Waals surface area contributed by atoms with Crippen LogP contribution in [0.5, 0.6) is 0 Å². The third kappa shape index (κ3) is 4.61. The molecule has 0 fully saturated rings. The third-order valence-corrected chi connectivity index (χ3v) is 2.32. The van der Waals surface area contributed by atoms with Crippen LogP contribution in [0.4, 0.5) is 0 Å². The highest BCUT2D eigenvalue weighted by Gasteiger charge is 2.14. The monoisotopic (exact) mass is 283 g/mol. The van der Waals surface area contributed by atoms with Crippen molar-refractivity contribution >= 4 is 11.9 Å². The molecule has 0 spiro atoms. The Balaban J connectivity index is 3.06. The Labute approximate surface area is 116 Å².